The first-order chi connectivity index (χ1) is 8.36. The summed E-state index contributed by atoms with van der Waals surface area (Å²) >= 11 is 0. The van der Waals surface area contributed by atoms with Gasteiger partial charge in [-0.2, -0.15) is 5.10 Å². The van der Waals surface area contributed by atoms with Crippen molar-refractivity contribution in [3.8, 4) is 0 Å². The lowest BCUT2D eigenvalue weighted by Gasteiger charge is -2.02. The summed E-state index contributed by atoms with van der Waals surface area (Å²) in [5.41, 5.74) is 3.92. The van der Waals surface area contributed by atoms with Crippen LogP contribution < -0.4 is 5.43 Å². The lowest BCUT2D eigenvalue weighted by molar-refractivity contribution is 0.0949. The molecule has 0 saturated heterocycles. The maximum absolute atomic E-state index is 11.7. The normalized spacial score (nSPS) is 16.1. The van der Waals surface area contributed by atoms with Gasteiger partial charge in [-0.15, -0.1) is 0 Å². The summed E-state index contributed by atoms with van der Waals surface area (Å²) in [6, 6.07) is 0. The molecule has 0 spiro atoms. The Bertz CT molecular complexity index is 392. The van der Waals surface area contributed by atoms with Crippen molar-refractivity contribution in [2.75, 3.05) is 0 Å². The lowest BCUT2D eigenvalue weighted by atomic mass is 10.2. The van der Waals surface area contributed by atoms with E-state index in [1.807, 2.05) is 0 Å². The molecule has 1 amide bonds. The molecule has 1 N–H and O–H groups in total. The monoisotopic (exact) mass is 232 g/mol. The number of hydrogen-bond acceptors (Lipinski definition) is 4. The third kappa shape index (κ3) is 3.62. The first-order valence-corrected chi connectivity index (χ1v) is 5.98. The van der Waals surface area contributed by atoms with Crippen LogP contribution in [0.4, 0.5) is 0 Å². The van der Waals surface area contributed by atoms with Crippen LogP contribution in [0.2, 0.25) is 0 Å². The fourth-order valence-corrected chi connectivity index (χ4v) is 1.85. The Labute approximate surface area is 100 Å². The van der Waals surface area contributed by atoms with Crippen LogP contribution in [-0.4, -0.2) is 21.6 Å². The van der Waals surface area contributed by atoms with Gasteiger partial charge in [-0.1, -0.05) is 12.8 Å². The Hall–Kier alpha value is -1.78. The molecule has 1 aliphatic carbocycles. The van der Waals surface area contributed by atoms with E-state index in [2.05, 4.69) is 20.5 Å². The Morgan fingerprint density at radius 3 is 2.59 bits per heavy atom. The number of carbonyl (C=O) groups excluding carboxylic acids is 1. The zero-order valence-corrected chi connectivity index (χ0v) is 9.72. The second-order valence-corrected chi connectivity index (χ2v) is 4.12. The van der Waals surface area contributed by atoms with Crippen LogP contribution in [0.15, 0.2) is 23.7 Å². The average molecular weight is 232 g/mol. The van der Waals surface area contributed by atoms with Crippen LogP contribution >= 0.6 is 0 Å². The van der Waals surface area contributed by atoms with Gasteiger partial charge >= 0.3 is 0 Å². The van der Waals surface area contributed by atoms with E-state index in [0.717, 1.165) is 18.6 Å². The molecule has 5 heteroatoms. The van der Waals surface area contributed by atoms with E-state index in [4.69, 9.17) is 0 Å². The highest BCUT2D eigenvalue weighted by Gasteiger charge is 2.08. The van der Waals surface area contributed by atoms with Crippen molar-refractivity contribution < 1.29 is 4.79 Å². The van der Waals surface area contributed by atoms with Gasteiger partial charge in [0.1, 0.15) is 5.69 Å². The minimum Gasteiger partial charge on any atom is -0.265 e. The van der Waals surface area contributed by atoms with Crippen molar-refractivity contribution in [2.45, 2.75) is 38.5 Å². The third-order valence-electron chi connectivity index (χ3n) is 2.79. The summed E-state index contributed by atoms with van der Waals surface area (Å²) < 4.78 is 0. The fraction of sp³-hybridized carbons (Fsp3) is 0.500. The summed E-state index contributed by atoms with van der Waals surface area (Å²) in [5, 5.41) is 4.17. The number of amides is 1. The second-order valence-electron chi connectivity index (χ2n) is 4.12. The molecule has 1 fully saturated rings. The molecule has 1 aromatic heterocycles. The average Bonchev–Trinajstić information content (AvgIpc) is 2.65. The number of nitrogens with one attached hydrogen (secondary N) is 1. The number of carbonyl (C=O) groups is 1. The molecule has 2 rings (SSSR count). The highest BCUT2D eigenvalue weighted by molar-refractivity contribution is 5.93. The van der Waals surface area contributed by atoms with Gasteiger partial charge in [-0.25, -0.2) is 10.4 Å². The minimum absolute atomic E-state index is 0.296. The number of aromatic nitrogens is 2. The second kappa shape index (κ2) is 6.08. The summed E-state index contributed by atoms with van der Waals surface area (Å²) in [6.45, 7) is 0. The van der Waals surface area contributed by atoms with E-state index in [0.29, 0.717) is 5.69 Å². The van der Waals surface area contributed by atoms with Gasteiger partial charge in [0.15, 0.2) is 0 Å². The summed E-state index contributed by atoms with van der Waals surface area (Å²) in [5.74, 6) is -0.296. The quantitative estimate of drug-likeness (QED) is 0.625. The van der Waals surface area contributed by atoms with E-state index >= 15 is 0 Å². The van der Waals surface area contributed by atoms with Gasteiger partial charge in [-0.3, -0.25) is 9.78 Å². The zero-order valence-electron chi connectivity index (χ0n) is 9.72. The highest BCUT2D eigenvalue weighted by atomic mass is 16.2. The summed E-state index contributed by atoms with van der Waals surface area (Å²) in [6.07, 6.45) is 11.3. The van der Waals surface area contributed by atoms with E-state index in [9.17, 15) is 4.79 Å². The molecule has 1 saturated carbocycles. The lowest BCUT2D eigenvalue weighted by Crippen LogP contribution is -2.20. The maximum atomic E-state index is 11.7. The first-order valence-electron chi connectivity index (χ1n) is 5.98. The molecule has 0 radical (unpaired) electrons. The molecule has 5 nitrogen and oxygen atoms in total. The van der Waals surface area contributed by atoms with Crippen molar-refractivity contribution in [1.82, 2.24) is 15.4 Å². The van der Waals surface area contributed by atoms with Crippen molar-refractivity contribution in [2.24, 2.45) is 5.10 Å². The Morgan fingerprint density at radius 1 is 1.18 bits per heavy atom. The molecule has 0 aliphatic heterocycles. The van der Waals surface area contributed by atoms with Gasteiger partial charge < -0.3 is 0 Å². The molecule has 0 unspecified atom stereocenters. The van der Waals surface area contributed by atoms with E-state index in [1.165, 1.54) is 44.3 Å². The molecular formula is C12H16N4O. The number of hydrogen-bond donors (Lipinski definition) is 1. The van der Waals surface area contributed by atoms with Crippen LogP contribution in [0.5, 0.6) is 0 Å². The van der Waals surface area contributed by atoms with Gasteiger partial charge in [0.05, 0.1) is 6.20 Å². The summed E-state index contributed by atoms with van der Waals surface area (Å²) in [4.78, 5) is 19.4. The van der Waals surface area contributed by atoms with E-state index in [1.54, 1.807) is 0 Å². The van der Waals surface area contributed by atoms with Crippen LogP contribution in [0.1, 0.15) is 49.0 Å². The Kier molecular flexibility index (Phi) is 4.18. The predicted molar refractivity (Wildman–Crippen MR) is 64.6 cm³/mol. The molecule has 0 bridgehead atoms. The smallest absolute Gasteiger partial charge is 0.265 e. The highest BCUT2D eigenvalue weighted by Crippen LogP contribution is 2.14. The maximum Gasteiger partial charge on any atom is 0.291 e. The van der Waals surface area contributed by atoms with Gasteiger partial charge in [0.2, 0.25) is 0 Å². The third-order valence-corrected chi connectivity index (χ3v) is 2.79. The van der Waals surface area contributed by atoms with Crippen LogP contribution in [0.25, 0.3) is 0 Å². The molecule has 1 aliphatic rings. The van der Waals surface area contributed by atoms with Crippen molar-refractivity contribution in [1.29, 1.82) is 0 Å². The van der Waals surface area contributed by atoms with Crippen molar-refractivity contribution >= 4 is 11.6 Å². The zero-order chi connectivity index (χ0) is 11.9. The molecule has 1 aromatic rings. The van der Waals surface area contributed by atoms with E-state index in [-0.39, 0.29) is 5.91 Å². The van der Waals surface area contributed by atoms with Gasteiger partial charge in [0.25, 0.3) is 5.91 Å². The molecule has 1 heterocycles. The predicted octanol–water partition coefficient (Wildman–Crippen LogP) is 1.92. The Balaban J connectivity index is 1.92. The van der Waals surface area contributed by atoms with Crippen molar-refractivity contribution in [3.05, 3.63) is 24.3 Å². The molecular weight excluding hydrogens is 216 g/mol. The van der Waals surface area contributed by atoms with Crippen LogP contribution in [0.3, 0.4) is 0 Å². The largest absolute Gasteiger partial charge is 0.291 e. The SMILES string of the molecule is O=C(NN=C1CCCCCC1)c1cnccn1. The minimum atomic E-state index is -0.296. The summed E-state index contributed by atoms with van der Waals surface area (Å²) in [7, 11) is 0. The molecule has 90 valence electrons. The number of rotatable bonds is 2. The number of nitrogens with zero attached hydrogens (tertiary/aromatic N) is 3. The fourth-order valence-electron chi connectivity index (χ4n) is 1.85. The van der Waals surface area contributed by atoms with E-state index < -0.39 is 0 Å². The first kappa shape index (κ1) is 11.7. The van der Waals surface area contributed by atoms with Gasteiger partial charge in [0, 0.05) is 18.1 Å². The topological polar surface area (TPSA) is 67.2 Å². The molecule has 0 aromatic carbocycles. The van der Waals surface area contributed by atoms with Crippen molar-refractivity contribution in [3.63, 3.8) is 0 Å². The molecule has 0 atom stereocenters. The number of hydrazone groups is 1. The standard InChI is InChI=1S/C12H16N4O/c17-12(11-9-13-7-8-14-11)16-15-10-5-3-1-2-4-6-10/h7-9H,1-6H2,(H,16,17). The molecule has 17 heavy (non-hydrogen) atoms. The Morgan fingerprint density at radius 2 is 1.94 bits per heavy atom. The van der Waals surface area contributed by atoms with Gasteiger partial charge in [-0.05, 0) is 25.7 Å². The van der Waals surface area contributed by atoms with Crippen LogP contribution in [0, 0.1) is 0 Å². The van der Waals surface area contributed by atoms with Crippen LogP contribution in [-0.2, 0) is 0 Å².